The van der Waals surface area contributed by atoms with Crippen molar-refractivity contribution in [1.29, 1.82) is 0 Å². The smallest absolute Gasteiger partial charge is 0.256 e. The van der Waals surface area contributed by atoms with Crippen LogP contribution in [-0.4, -0.2) is 73.6 Å². The summed E-state index contributed by atoms with van der Waals surface area (Å²) in [6, 6.07) is 17.3. The second-order valence-electron chi connectivity index (χ2n) is 8.04. The van der Waals surface area contributed by atoms with E-state index in [-0.39, 0.29) is 5.91 Å². The van der Waals surface area contributed by atoms with Gasteiger partial charge < -0.3 is 24.8 Å². The van der Waals surface area contributed by atoms with Gasteiger partial charge in [0.2, 0.25) is 0 Å². The van der Waals surface area contributed by atoms with Gasteiger partial charge >= 0.3 is 0 Å². The number of morpholine rings is 1. The van der Waals surface area contributed by atoms with Crippen LogP contribution >= 0.6 is 0 Å². The number of hydrogen-bond donors (Lipinski definition) is 1. The number of nitrogens with zero attached hydrogens (tertiary/aromatic N) is 6. The molecule has 0 aliphatic carbocycles. The standard InChI is InChI=1S/C24H27N7O2/c32-24(19-4-6-20(7-5-19)29-15-17-33-18-16-29)26-21-8-9-23(28-27-21)31-13-11-30(12-14-31)22-3-1-2-10-25-22/h1-10H,11-18H2,(H,26,27,32). The van der Waals surface area contributed by atoms with Crippen molar-refractivity contribution in [2.45, 2.75) is 0 Å². The zero-order valence-corrected chi connectivity index (χ0v) is 18.4. The lowest BCUT2D eigenvalue weighted by Gasteiger charge is -2.35. The number of carbonyl (C=O) groups is 1. The Bertz CT molecular complexity index is 1050. The molecule has 9 nitrogen and oxygen atoms in total. The largest absolute Gasteiger partial charge is 0.378 e. The number of carbonyl (C=O) groups excluding carboxylic acids is 1. The van der Waals surface area contributed by atoms with Gasteiger partial charge in [0.15, 0.2) is 11.6 Å². The first-order valence-electron chi connectivity index (χ1n) is 11.2. The van der Waals surface area contributed by atoms with E-state index in [2.05, 4.69) is 35.2 Å². The lowest BCUT2D eigenvalue weighted by molar-refractivity contribution is 0.102. The summed E-state index contributed by atoms with van der Waals surface area (Å²) < 4.78 is 5.39. The number of nitrogens with one attached hydrogen (secondary N) is 1. The van der Waals surface area contributed by atoms with Crippen LogP contribution in [0.2, 0.25) is 0 Å². The molecule has 0 bridgehead atoms. The summed E-state index contributed by atoms with van der Waals surface area (Å²) in [6.45, 7) is 6.62. The summed E-state index contributed by atoms with van der Waals surface area (Å²) in [5, 5.41) is 11.4. The number of rotatable bonds is 5. The second kappa shape index (κ2) is 9.83. The Labute approximate surface area is 193 Å². The van der Waals surface area contributed by atoms with Crippen molar-refractivity contribution < 1.29 is 9.53 Å². The summed E-state index contributed by atoms with van der Waals surface area (Å²) in [5.41, 5.74) is 1.69. The number of amides is 1. The maximum Gasteiger partial charge on any atom is 0.256 e. The molecule has 2 fully saturated rings. The van der Waals surface area contributed by atoms with Crippen molar-refractivity contribution in [3.8, 4) is 0 Å². The van der Waals surface area contributed by atoms with Crippen LogP contribution in [0, 0.1) is 0 Å². The van der Waals surface area contributed by atoms with Crippen LogP contribution in [0.15, 0.2) is 60.8 Å². The number of piperazine rings is 1. The highest BCUT2D eigenvalue weighted by atomic mass is 16.5. The molecule has 0 saturated carbocycles. The van der Waals surface area contributed by atoms with E-state index >= 15 is 0 Å². The van der Waals surface area contributed by atoms with E-state index < -0.39 is 0 Å². The molecule has 9 heteroatoms. The van der Waals surface area contributed by atoms with Gasteiger partial charge in [-0.1, -0.05) is 6.07 Å². The molecular weight excluding hydrogens is 418 g/mol. The summed E-state index contributed by atoms with van der Waals surface area (Å²) in [6.07, 6.45) is 1.82. The highest BCUT2D eigenvalue weighted by Gasteiger charge is 2.19. The van der Waals surface area contributed by atoms with Gasteiger partial charge in [-0.3, -0.25) is 4.79 Å². The highest BCUT2D eigenvalue weighted by molar-refractivity contribution is 6.03. The quantitative estimate of drug-likeness (QED) is 0.640. The number of anilines is 4. The van der Waals surface area contributed by atoms with E-state index in [1.54, 1.807) is 6.07 Å². The predicted octanol–water partition coefficient (Wildman–Crippen LogP) is 2.29. The number of pyridine rings is 1. The van der Waals surface area contributed by atoms with E-state index in [1.807, 2.05) is 54.7 Å². The Balaban J connectivity index is 1.15. The van der Waals surface area contributed by atoms with Gasteiger partial charge in [0.1, 0.15) is 5.82 Å². The van der Waals surface area contributed by atoms with Crippen molar-refractivity contribution in [3.63, 3.8) is 0 Å². The maximum absolute atomic E-state index is 12.6. The SMILES string of the molecule is O=C(Nc1ccc(N2CCN(c3ccccn3)CC2)nn1)c1ccc(N2CCOCC2)cc1. The zero-order valence-electron chi connectivity index (χ0n) is 18.4. The van der Waals surface area contributed by atoms with Crippen LogP contribution in [0.1, 0.15) is 10.4 Å². The van der Waals surface area contributed by atoms with E-state index in [1.165, 1.54) is 0 Å². The van der Waals surface area contributed by atoms with Gasteiger partial charge in [0.25, 0.3) is 5.91 Å². The summed E-state index contributed by atoms with van der Waals surface area (Å²) in [5.74, 6) is 2.05. The van der Waals surface area contributed by atoms with Gasteiger partial charge in [0, 0.05) is 56.7 Å². The van der Waals surface area contributed by atoms with Crippen LogP contribution < -0.4 is 20.0 Å². The topological polar surface area (TPSA) is 86.7 Å². The fourth-order valence-electron chi connectivity index (χ4n) is 4.10. The van der Waals surface area contributed by atoms with Crippen LogP contribution in [-0.2, 0) is 4.74 Å². The lowest BCUT2D eigenvalue weighted by Crippen LogP contribution is -2.47. The molecule has 33 heavy (non-hydrogen) atoms. The molecular formula is C24H27N7O2. The average molecular weight is 446 g/mol. The molecule has 0 unspecified atom stereocenters. The number of ether oxygens (including phenoxy) is 1. The molecule has 2 aliphatic rings. The van der Waals surface area contributed by atoms with Crippen molar-refractivity contribution in [2.75, 3.05) is 72.5 Å². The van der Waals surface area contributed by atoms with E-state index in [9.17, 15) is 4.79 Å². The minimum atomic E-state index is -0.199. The number of benzene rings is 1. The van der Waals surface area contributed by atoms with Crippen molar-refractivity contribution in [3.05, 3.63) is 66.4 Å². The molecule has 2 aromatic heterocycles. The zero-order chi connectivity index (χ0) is 22.5. The molecule has 2 saturated heterocycles. The van der Waals surface area contributed by atoms with Crippen LogP contribution in [0.5, 0.6) is 0 Å². The second-order valence-corrected chi connectivity index (χ2v) is 8.04. The van der Waals surface area contributed by atoms with Crippen LogP contribution in [0.25, 0.3) is 0 Å². The first-order chi connectivity index (χ1) is 16.3. The molecule has 0 radical (unpaired) electrons. The Kier molecular flexibility index (Phi) is 6.30. The van der Waals surface area contributed by atoms with E-state index in [4.69, 9.17) is 4.74 Å². The Hall–Kier alpha value is -3.72. The molecule has 4 heterocycles. The fourth-order valence-corrected chi connectivity index (χ4v) is 4.10. The molecule has 1 N–H and O–H groups in total. The average Bonchev–Trinajstić information content (AvgIpc) is 2.90. The van der Waals surface area contributed by atoms with E-state index in [0.29, 0.717) is 11.4 Å². The van der Waals surface area contributed by atoms with E-state index in [0.717, 1.165) is 69.8 Å². The third-order valence-electron chi connectivity index (χ3n) is 5.97. The molecule has 170 valence electrons. The van der Waals surface area contributed by atoms with Gasteiger partial charge in [-0.25, -0.2) is 4.98 Å². The molecule has 5 rings (SSSR count). The summed E-state index contributed by atoms with van der Waals surface area (Å²) in [7, 11) is 0. The molecule has 2 aliphatic heterocycles. The van der Waals surface area contributed by atoms with Crippen molar-refractivity contribution in [1.82, 2.24) is 15.2 Å². The normalized spacial score (nSPS) is 16.5. The molecule has 0 spiro atoms. The first-order valence-corrected chi connectivity index (χ1v) is 11.2. The Morgan fingerprint density at radius 1 is 0.758 bits per heavy atom. The molecule has 3 aromatic rings. The first kappa shape index (κ1) is 21.1. The van der Waals surface area contributed by atoms with Crippen molar-refractivity contribution in [2.24, 2.45) is 0 Å². The fraction of sp³-hybridized carbons (Fsp3) is 0.333. The van der Waals surface area contributed by atoms with Crippen molar-refractivity contribution >= 4 is 29.0 Å². The van der Waals surface area contributed by atoms with Gasteiger partial charge in [-0.2, -0.15) is 0 Å². The van der Waals surface area contributed by atoms with Gasteiger partial charge in [-0.15, -0.1) is 10.2 Å². The van der Waals surface area contributed by atoms with Crippen LogP contribution in [0.3, 0.4) is 0 Å². The molecule has 1 amide bonds. The minimum Gasteiger partial charge on any atom is -0.378 e. The third-order valence-corrected chi connectivity index (χ3v) is 5.97. The monoisotopic (exact) mass is 445 g/mol. The highest BCUT2D eigenvalue weighted by Crippen LogP contribution is 2.19. The lowest BCUT2D eigenvalue weighted by atomic mass is 10.1. The minimum absolute atomic E-state index is 0.199. The number of aromatic nitrogens is 3. The van der Waals surface area contributed by atoms with Gasteiger partial charge in [0.05, 0.1) is 13.2 Å². The molecule has 1 aromatic carbocycles. The number of hydrogen-bond acceptors (Lipinski definition) is 8. The maximum atomic E-state index is 12.6. The third kappa shape index (κ3) is 5.04. The van der Waals surface area contributed by atoms with Crippen LogP contribution in [0.4, 0.5) is 23.1 Å². The Morgan fingerprint density at radius 2 is 1.48 bits per heavy atom. The molecule has 0 atom stereocenters. The van der Waals surface area contributed by atoms with Gasteiger partial charge in [-0.05, 0) is 48.5 Å². The predicted molar refractivity (Wildman–Crippen MR) is 128 cm³/mol. The summed E-state index contributed by atoms with van der Waals surface area (Å²) >= 11 is 0. The summed E-state index contributed by atoms with van der Waals surface area (Å²) in [4.78, 5) is 23.8. The Morgan fingerprint density at radius 3 is 2.12 bits per heavy atom.